The summed E-state index contributed by atoms with van der Waals surface area (Å²) >= 11 is 0. The van der Waals surface area contributed by atoms with Crippen LogP contribution in [0.3, 0.4) is 0 Å². The molecule has 1 aromatic rings. The minimum Gasteiger partial charge on any atom is -0.349 e. The smallest absolute Gasteiger partial charge is 0.223 e. The van der Waals surface area contributed by atoms with Gasteiger partial charge in [-0.05, 0) is 31.2 Å². The molecule has 134 valence electrons. The van der Waals surface area contributed by atoms with Crippen molar-refractivity contribution in [2.24, 2.45) is 11.8 Å². The molecule has 0 saturated carbocycles. The van der Waals surface area contributed by atoms with Crippen LogP contribution in [0, 0.1) is 11.8 Å². The van der Waals surface area contributed by atoms with Gasteiger partial charge in [0.1, 0.15) is 0 Å². The monoisotopic (exact) mass is 352 g/mol. The number of hydrogen-bond acceptors (Lipinski definition) is 3. The second-order valence-electron chi connectivity index (χ2n) is 6.71. The quantitative estimate of drug-likeness (QED) is 0.856. The number of sulfonamides is 1. The van der Waals surface area contributed by atoms with Gasteiger partial charge in [-0.1, -0.05) is 44.2 Å². The largest absolute Gasteiger partial charge is 0.349 e. The van der Waals surface area contributed by atoms with Crippen LogP contribution < -0.4 is 5.32 Å². The molecule has 0 unspecified atom stereocenters. The molecular weight excluding hydrogens is 324 g/mol. The highest BCUT2D eigenvalue weighted by Crippen LogP contribution is 2.25. The van der Waals surface area contributed by atoms with E-state index in [0.717, 1.165) is 5.56 Å². The number of rotatable bonds is 6. The topological polar surface area (TPSA) is 66.5 Å². The first-order valence-corrected chi connectivity index (χ1v) is 10.3. The Hall–Kier alpha value is -1.40. The predicted molar refractivity (Wildman–Crippen MR) is 95.9 cm³/mol. The standard InChI is InChI=1S/C18H28N2O3S/c1-4-24(22,23)20-12-10-16(11-13-20)18(21)19-17(14(2)3)15-8-6-5-7-9-15/h5-9,14,16-17H,4,10-13H2,1-3H3,(H,19,21)/t17-/m1/s1. The zero-order valence-electron chi connectivity index (χ0n) is 14.7. The van der Waals surface area contributed by atoms with Crippen molar-refractivity contribution in [3.8, 4) is 0 Å². The molecular formula is C18H28N2O3S. The molecule has 1 aliphatic rings. The number of hydrogen-bond donors (Lipinski definition) is 1. The molecule has 1 fully saturated rings. The zero-order valence-corrected chi connectivity index (χ0v) is 15.6. The lowest BCUT2D eigenvalue weighted by Gasteiger charge is -2.32. The van der Waals surface area contributed by atoms with E-state index in [2.05, 4.69) is 19.2 Å². The van der Waals surface area contributed by atoms with Crippen molar-refractivity contribution >= 4 is 15.9 Å². The second kappa shape index (κ2) is 8.12. The van der Waals surface area contributed by atoms with Gasteiger partial charge in [0.25, 0.3) is 0 Å². The van der Waals surface area contributed by atoms with Gasteiger partial charge in [0, 0.05) is 19.0 Å². The normalized spacial score (nSPS) is 18.5. The maximum atomic E-state index is 12.6. The predicted octanol–water partition coefficient (Wildman–Crippen LogP) is 2.56. The summed E-state index contributed by atoms with van der Waals surface area (Å²) in [4.78, 5) is 12.6. The molecule has 1 atom stereocenters. The molecule has 0 radical (unpaired) electrons. The molecule has 24 heavy (non-hydrogen) atoms. The van der Waals surface area contributed by atoms with Crippen LogP contribution in [0.25, 0.3) is 0 Å². The summed E-state index contributed by atoms with van der Waals surface area (Å²) in [5.41, 5.74) is 1.10. The van der Waals surface area contributed by atoms with E-state index in [1.807, 2.05) is 30.3 Å². The molecule has 1 aromatic carbocycles. The number of amides is 1. The molecule has 0 bridgehead atoms. The van der Waals surface area contributed by atoms with Gasteiger partial charge >= 0.3 is 0 Å². The van der Waals surface area contributed by atoms with Gasteiger partial charge in [0.2, 0.25) is 15.9 Å². The molecule has 1 N–H and O–H groups in total. The van der Waals surface area contributed by atoms with Gasteiger partial charge in [0.05, 0.1) is 11.8 Å². The molecule has 1 amide bonds. The van der Waals surface area contributed by atoms with Gasteiger partial charge in [0.15, 0.2) is 0 Å². The van der Waals surface area contributed by atoms with E-state index in [-0.39, 0.29) is 29.5 Å². The fraction of sp³-hybridized carbons (Fsp3) is 0.611. The second-order valence-corrected chi connectivity index (χ2v) is 8.97. The number of carbonyl (C=O) groups excluding carboxylic acids is 1. The number of piperidine rings is 1. The zero-order chi connectivity index (χ0) is 17.7. The number of carbonyl (C=O) groups is 1. The maximum absolute atomic E-state index is 12.6. The highest BCUT2D eigenvalue weighted by atomic mass is 32.2. The summed E-state index contributed by atoms with van der Waals surface area (Å²) in [7, 11) is -3.15. The van der Waals surface area contributed by atoms with E-state index in [1.54, 1.807) is 6.92 Å². The Balaban J connectivity index is 1.97. The van der Waals surface area contributed by atoms with Gasteiger partial charge in [-0.15, -0.1) is 0 Å². The third kappa shape index (κ3) is 4.57. The summed E-state index contributed by atoms with van der Waals surface area (Å²) in [5.74, 6) is 0.328. The molecule has 0 spiro atoms. The van der Waals surface area contributed by atoms with E-state index in [0.29, 0.717) is 25.9 Å². The lowest BCUT2D eigenvalue weighted by Crippen LogP contribution is -2.44. The van der Waals surface area contributed by atoms with Crippen molar-refractivity contribution in [2.75, 3.05) is 18.8 Å². The molecule has 5 nitrogen and oxygen atoms in total. The summed E-state index contributed by atoms with van der Waals surface area (Å²) in [6.07, 6.45) is 1.18. The summed E-state index contributed by atoms with van der Waals surface area (Å²) in [6, 6.07) is 9.96. The van der Waals surface area contributed by atoms with Gasteiger partial charge in [-0.25, -0.2) is 12.7 Å². The Morgan fingerprint density at radius 1 is 1.21 bits per heavy atom. The van der Waals surface area contributed by atoms with Crippen LogP contribution in [0.1, 0.15) is 45.2 Å². The van der Waals surface area contributed by atoms with Crippen LogP contribution in [-0.2, 0) is 14.8 Å². The van der Waals surface area contributed by atoms with Crippen molar-refractivity contribution in [1.29, 1.82) is 0 Å². The van der Waals surface area contributed by atoms with E-state index in [1.165, 1.54) is 4.31 Å². The fourth-order valence-electron chi connectivity index (χ4n) is 3.15. The Labute approximate surface area is 145 Å². The average molecular weight is 353 g/mol. The molecule has 0 aliphatic carbocycles. The first kappa shape index (κ1) is 18.9. The molecule has 6 heteroatoms. The van der Waals surface area contributed by atoms with E-state index >= 15 is 0 Å². The van der Waals surface area contributed by atoms with Crippen molar-refractivity contribution in [1.82, 2.24) is 9.62 Å². The van der Waals surface area contributed by atoms with Crippen LogP contribution in [0.15, 0.2) is 30.3 Å². The Morgan fingerprint density at radius 2 is 1.79 bits per heavy atom. The van der Waals surface area contributed by atoms with Crippen molar-refractivity contribution in [3.05, 3.63) is 35.9 Å². The number of nitrogens with zero attached hydrogens (tertiary/aromatic N) is 1. The number of benzene rings is 1. The third-order valence-electron chi connectivity index (χ3n) is 4.71. The summed E-state index contributed by atoms with van der Waals surface area (Å²) in [6.45, 7) is 6.71. The lowest BCUT2D eigenvalue weighted by atomic mass is 9.93. The number of nitrogens with one attached hydrogen (secondary N) is 1. The average Bonchev–Trinajstić information content (AvgIpc) is 2.60. The molecule has 1 heterocycles. The summed E-state index contributed by atoms with van der Waals surface area (Å²) in [5, 5.41) is 3.16. The third-order valence-corrected chi connectivity index (χ3v) is 6.59. The fourth-order valence-corrected chi connectivity index (χ4v) is 4.28. The van der Waals surface area contributed by atoms with Gasteiger partial charge in [-0.3, -0.25) is 4.79 Å². The van der Waals surface area contributed by atoms with E-state index in [4.69, 9.17) is 0 Å². The maximum Gasteiger partial charge on any atom is 0.223 e. The van der Waals surface area contributed by atoms with Crippen LogP contribution in [-0.4, -0.2) is 37.5 Å². The first-order valence-electron chi connectivity index (χ1n) is 8.68. The van der Waals surface area contributed by atoms with Crippen molar-refractivity contribution < 1.29 is 13.2 Å². The minimum absolute atomic E-state index is 0.0175. The SMILES string of the molecule is CCS(=O)(=O)N1CCC(C(=O)N[C@@H](c2ccccc2)C(C)C)CC1. The van der Waals surface area contributed by atoms with E-state index < -0.39 is 10.0 Å². The van der Waals surface area contributed by atoms with Crippen LogP contribution >= 0.6 is 0 Å². The first-order chi connectivity index (χ1) is 11.3. The van der Waals surface area contributed by atoms with Crippen LogP contribution in [0.5, 0.6) is 0 Å². The Bertz CT molecular complexity index is 635. The van der Waals surface area contributed by atoms with Crippen molar-refractivity contribution in [3.63, 3.8) is 0 Å². The molecule has 1 aliphatic heterocycles. The molecule has 0 aromatic heterocycles. The van der Waals surface area contributed by atoms with Crippen LogP contribution in [0.4, 0.5) is 0 Å². The minimum atomic E-state index is -3.15. The van der Waals surface area contributed by atoms with E-state index in [9.17, 15) is 13.2 Å². The van der Waals surface area contributed by atoms with Gasteiger partial charge in [-0.2, -0.15) is 0 Å². The van der Waals surface area contributed by atoms with Gasteiger partial charge < -0.3 is 5.32 Å². The molecule has 1 saturated heterocycles. The Morgan fingerprint density at radius 3 is 2.29 bits per heavy atom. The van der Waals surface area contributed by atoms with Crippen LogP contribution in [0.2, 0.25) is 0 Å². The molecule has 2 rings (SSSR count). The Kier molecular flexibility index (Phi) is 6.40. The summed E-state index contributed by atoms with van der Waals surface area (Å²) < 4.78 is 25.3. The highest BCUT2D eigenvalue weighted by molar-refractivity contribution is 7.89. The highest BCUT2D eigenvalue weighted by Gasteiger charge is 2.31. The van der Waals surface area contributed by atoms with Crippen molar-refractivity contribution in [2.45, 2.75) is 39.7 Å². The lowest BCUT2D eigenvalue weighted by molar-refractivity contribution is -0.127.